The van der Waals surface area contributed by atoms with Gasteiger partial charge in [0.2, 0.25) is 0 Å². The van der Waals surface area contributed by atoms with Gasteiger partial charge in [-0.2, -0.15) is 0 Å². The van der Waals surface area contributed by atoms with Crippen molar-refractivity contribution in [2.24, 2.45) is 0 Å². The number of carbonyl (C=O) groups excluding carboxylic acids is 1. The lowest BCUT2D eigenvalue weighted by molar-refractivity contribution is 0.0469. The number of pyridine rings is 1. The van der Waals surface area contributed by atoms with Crippen LogP contribution in [0, 0.1) is 5.82 Å². The summed E-state index contributed by atoms with van der Waals surface area (Å²) < 4.78 is 48.0. The number of halogens is 2. The fourth-order valence-corrected chi connectivity index (χ4v) is 4.40. The molecule has 8 nitrogen and oxygen atoms in total. The third-order valence-electron chi connectivity index (χ3n) is 4.54. The highest BCUT2D eigenvalue weighted by molar-refractivity contribution is 9.10. The van der Waals surface area contributed by atoms with Gasteiger partial charge in [0.05, 0.1) is 21.8 Å². The number of ether oxygens (including phenoxy) is 1. The van der Waals surface area contributed by atoms with Crippen LogP contribution in [-0.2, 0) is 21.4 Å². The predicted molar refractivity (Wildman–Crippen MR) is 122 cm³/mol. The highest BCUT2D eigenvalue weighted by Crippen LogP contribution is 2.21. The molecule has 1 N–H and O–H groups in total. The number of para-hydroxylation sites is 1. The molecule has 168 valence electrons. The Morgan fingerprint density at radius 3 is 2.58 bits per heavy atom. The second-order valence-corrected chi connectivity index (χ2v) is 9.44. The Morgan fingerprint density at radius 2 is 1.82 bits per heavy atom. The van der Waals surface area contributed by atoms with Crippen LogP contribution < -0.4 is 10.3 Å². The number of sulfonamides is 1. The van der Waals surface area contributed by atoms with Gasteiger partial charge in [-0.3, -0.25) is 13.9 Å². The van der Waals surface area contributed by atoms with Crippen molar-refractivity contribution in [1.29, 1.82) is 0 Å². The van der Waals surface area contributed by atoms with Gasteiger partial charge in [-0.05, 0) is 64.5 Å². The first kappa shape index (κ1) is 22.6. The van der Waals surface area contributed by atoms with Crippen molar-refractivity contribution < 1.29 is 22.3 Å². The van der Waals surface area contributed by atoms with Crippen LogP contribution >= 0.6 is 15.9 Å². The van der Waals surface area contributed by atoms with Crippen molar-refractivity contribution in [1.82, 2.24) is 9.38 Å². The number of nitrogens with one attached hydrogen (secondary N) is 1. The zero-order valence-electron chi connectivity index (χ0n) is 16.7. The van der Waals surface area contributed by atoms with Gasteiger partial charge in [-0.15, -0.1) is 0 Å². The molecule has 0 spiro atoms. The molecule has 0 aliphatic rings. The zero-order chi connectivity index (χ0) is 23.6. The average molecular weight is 532 g/mol. The summed E-state index contributed by atoms with van der Waals surface area (Å²) >= 11 is 3.28. The first-order valence-corrected chi connectivity index (χ1v) is 11.7. The number of hydrogen-bond acceptors (Lipinski definition) is 6. The molecular weight excluding hydrogens is 517 g/mol. The predicted octanol–water partition coefficient (Wildman–Crippen LogP) is 3.75. The largest absolute Gasteiger partial charge is 0.456 e. The summed E-state index contributed by atoms with van der Waals surface area (Å²) in [5, 5.41) is 0. The summed E-state index contributed by atoms with van der Waals surface area (Å²) in [5.74, 6) is -1.39. The van der Waals surface area contributed by atoms with Gasteiger partial charge in [0.25, 0.3) is 15.6 Å². The van der Waals surface area contributed by atoms with Crippen LogP contribution in [0.15, 0.2) is 87.1 Å². The molecule has 2 aromatic carbocycles. The molecule has 0 unspecified atom stereocenters. The van der Waals surface area contributed by atoms with Crippen molar-refractivity contribution in [3.05, 3.63) is 105 Å². The van der Waals surface area contributed by atoms with Gasteiger partial charge < -0.3 is 4.74 Å². The molecule has 0 radical (unpaired) electrons. The summed E-state index contributed by atoms with van der Waals surface area (Å²) in [5.41, 5.74) is 0.219. The van der Waals surface area contributed by atoms with Crippen LogP contribution in [0.3, 0.4) is 0 Å². The Labute approximate surface area is 195 Å². The lowest BCUT2D eigenvalue weighted by Gasteiger charge is -2.12. The van der Waals surface area contributed by atoms with Crippen LogP contribution in [0.5, 0.6) is 0 Å². The van der Waals surface area contributed by atoms with E-state index >= 15 is 0 Å². The number of anilines is 1. The molecule has 0 aliphatic carbocycles. The Kier molecular flexibility index (Phi) is 6.25. The first-order chi connectivity index (χ1) is 15.7. The van der Waals surface area contributed by atoms with E-state index in [0.717, 1.165) is 24.3 Å². The molecule has 11 heteroatoms. The molecular formula is C22H15BrFN3O5S. The number of fused-ring (bicyclic) bond motifs is 1. The summed E-state index contributed by atoms with van der Waals surface area (Å²) in [6, 6.07) is 14.8. The monoisotopic (exact) mass is 531 g/mol. The van der Waals surface area contributed by atoms with Crippen molar-refractivity contribution >= 4 is 43.3 Å². The number of benzene rings is 2. The number of esters is 1. The maximum atomic E-state index is 13.1. The van der Waals surface area contributed by atoms with Crippen LogP contribution in [-0.4, -0.2) is 23.8 Å². The van der Waals surface area contributed by atoms with E-state index in [1.54, 1.807) is 30.5 Å². The molecule has 33 heavy (non-hydrogen) atoms. The maximum Gasteiger partial charge on any atom is 0.340 e. The molecule has 4 aromatic rings. The van der Waals surface area contributed by atoms with Crippen molar-refractivity contribution in [2.45, 2.75) is 11.5 Å². The highest BCUT2D eigenvalue weighted by Gasteiger charge is 2.20. The minimum atomic E-state index is -4.07. The summed E-state index contributed by atoms with van der Waals surface area (Å²) in [6.45, 7) is -0.292. The van der Waals surface area contributed by atoms with E-state index in [4.69, 9.17) is 4.74 Å². The van der Waals surface area contributed by atoms with Gasteiger partial charge in [0.15, 0.2) is 0 Å². The Morgan fingerprint density at radius 1 is 1.09 bits per heavy atom. The van der Waals surface area contributed by atoms with Crippen LogP contribution in [0.25, 0.3) is 5.65 Å². The molecule has 0 saturated carbocycles. The number of hydrogen-bond donors (Lipinski definition) is 1. The average Bonchev–Trinajstić information content (AvgIpc) is 2.78. The third kappa shape index (κ3) is 5.10. The number of nitrogens with zero attached hydrogens (tertiary/aromatic N) is 2. The number of carbonyl (C=O) groups is 1. The molecule has 2 aromatic heterocycles. The normalized spacial score (nSPS) is 11.3. The van der Waals surface area contributed by atoms with Crippen LogP contribution in [0.1, 0.15) is 16.1 Å². The van der Waals surface area contributed by atoms with E-state index in [1.165, 1.54) is 22.6 Å². The quantitative estimate of drug-likeness (QED) is 0.379. The minimum Gasteiger partial charge on any atom is -0.456 e. The Hall–Kier alpha value is -3.57. The number of aromatic nitrogens is 2. The van der Waals surface area contributed by atoms with E-state index < -0.39 is 21.8 Å². The number of rotatable bonds is 6. The van der Waals surface area contributed by atoms with Crippen LogP contribution in [0.4, 0.5) is 10.1 Å². The van der Waals surface area contributed by atoms with E-state index in [1.807, 2.05) is 0 Å². The van der Waals surface area contributed by atoms with E-state index in [9.17, 15) is 22.4 Å². The van der Waals surface area contributed by atoms with E-state index in [-0.39, 0.29) is 34.0 Å². The molecule has 0 fully saturated rings. The first-order valence-electron chi connectivity index (χ1n) is 9.45. The van der Waals surface area contributed by atoms with E-state index in [2.05, 4.69) is 25.6 Å². The molecule has 0 atom stereocenters. The molecule has 0 amide bonds. The molecule has 0 bridgehead atoms. The molecule has 0 aliphatic heterocycles. The van der Waals surface area contributed by atoms with Gasteiger partial charge in [0, 0.05) is 16.7 Å². The molecule has 2 heterocycles. The molecule has 4 rings (SSSR count). The van der Waals surface area contributed by atoms with E-state index in [0.29, 0.717) is 10.1 Å². The standard InChI is InChI=1S/C22H15BrFN3O5S/c23-14-5-10-20-25-16(11-21(28)27(20)12-14)13-32-22(29)18-3-1-2-4-19(18)26-33(30,31)17-8-6-15(24)7-9-17/h1-12,26H,13H2. The summed E-state index contributed by atoms with van der Waals surface area (Å²) in [7, 11) is -4.07. The lowest BCUT2D eigenvalue weighted by atomic mass is 10.2. The van der Waals surface area contributed by atoms with Crippen molar-refractivity contribution in [2.75, 3.05) is 4.72 Å². The van der Waals surface area contributed by atoms with Crippen LogP contribution in [0.2, 0.25) is 0 Å². The summed E-state index contributed by atoms with van der Waals surface area (Å²) in [6.07, 6.45) is 1.57. The van der Waals surface area contributed by atoms with Gasteiger partial charge in [-0.1, -0.05) is 12.1 Å². The third-order valence-corrected chi connectivity index (χ3v) is 6.39. The lowest BCUT2D eigenvalue weighted by Crippen LogP contribution is -2.18. The SMILES string of the molecule is O=C(OCc1cc(=O)n2cc(Br)ccc2n1)c1ccccc1NS(=O)(=O)c1ccc(F)cc1. The van der Waals surface area contributed by atoms with Crippen molar-refractivity contribution in [3.63, 3.8) is 0 Å². The van der Waals surface area contributed by atoms with Gasteiger partial charge >= 0.3 is 5.97 Å². The topological polar surface area (TPSA) is 107 Å². The minimum absolute atomic E-state index is 0.0109. The Balaban J connectivity index is 1.54. The fourth-order valence-electron chi connectivity index (χ4n) is 2.98. The highest BCUT2D eigenvalue weighted by atomic mass is 79.9. The second kappa shape index (κ2) is 9.12. The zero-order valence-corrected chi connectivity index (χ0v) is 19.1. The van der Waals surface area contributed by atoms with Crippen molar-refractivity contribution in [3.8, 4) is 0 Å². The Bertz CT molecular complexity index is 1520. The summed E-state index contributed by atoms with van der Waals surface area (Å²) in [4.78, 5) is 29.1. The van der Waals surface area contributed by atoms with Gasteiger partial charge in [-0.25, -0.2) is 22.6 Å². The van der Waals surface area contributed by atoms with Gasteiger partial charge in [0.1, 0.15) is 18.1 Å². The second-order valence-electron chi connectivity index (χ2n) is 6.84. The molecule has 0 saturated heterocycles. The maximum absolute atomic E-state index is 13.1. The smallest absolute Gasteiger partial charge is 0.340 e. The fraction of sp³-hybridized carbons (Fsp3) is 0.0455.